The molecule has 0 amide bonds. The molecule has 0 aliphatic heterocycles. The number of fused-ring (bicyclic) bond motifs is 10. The molecule has 0 saturated carbocycles. The number of furan rings is 2. The molecular weight excluding hydrogens is 757 g/mol. The molecule has 0 bridgehead atoms. The lowest BCUT2D eigenvalue weighted by molar-refractivity contribution is 0.669. The van der Waals surface area contributed by atoms with Gasteiger partial charge in [-0.15, -0.1) is 0 Å². The lowest BCUT2D eigenvalue weighted by Crippen LogP contribution is -2.10. The van der Waals surface area contributed by atoms with Gasteiger partial charge in [-0.1, -0.05) is 127 Å². The van der Waals surface area contributed by atoms with Crippen LogP contribution in [0.4, 0.5) is 17.1 Å². The Morgan fingerprint density at radius 3 is 1.76 bits per heavy atom. The summed E-state index contributed by atoms with van der Waals surface area (Å²) in [6, 6.07) is 78.0. The van der Waals surface area contributed by atoms with Crippen molar-refractivity contribution < 1.29 is 8.83 Å². The standard InChI is InChI=1S/C58H36N2O2/c1-3-14-38(15-4-1)56-57-49-34-40(41-24-31-47-46-19-9-11-21-52(46)61-54(47)35-41)25-32-50(49)60(51(57)36-55-58(56)48-20-10-12-22-53(48)62-55)44-29-27-43(28-30-44)59(42-17-5-2-6-18-42)45-26-23-37-13-7-8-16-39(37)33-45/h1-36H. The van der Waals surface area contributed by atoms with E-state index >= 15 is 0 Å². The number of para-hydroxylation sites is 3. The molecule has 0 unspecified atom stereocenters. The van der Waals surface area contributed by atoms with Gasteiger partial charge in [-0.2, -0.15) is 0 Å². The summed E-state index contributed by atoms with van der Waals surface area (Å²) in [7, 11) is 0. The van der Waals surface area contributed by atoms with Gasteiger partial charge in [0.15, 0.2) is 0 Å². The smallest absolute Gasteiger partial charge is 0.138 e. The summed E-state index contributed by atoms with van der Waals surface area (Å²) < 4.78 is 15.5. The van der Waals surface area contributed by atoms with E-state index in [-0.39, 0.29) is 0 Å². The highest BCUT2D eigenvalue weighted by molar-refractivity contribution is 6.27. The Kier molecular flexibility index (Phi) is 7.57. The van der Waals surface area contributed by atoms with Gasteiger partial charge in [0.25, 0.3) is 0 Å². The predicted molar refractivity (Wildman–Crippen MR) is 258 cm³/mol. The number of hydrogen-bond acceptors (Lipinski definition) is 3. The molecule has 3 heterocycles. The maximum atomic E-state index is 6.72. The van der Waals surface area contributed by atoms with Crippen molar-refractivity contribution in [2.24, 2.45) is 0 Å². The molecule has 3 aromatic heterocycles. The van der Waals surface area contributed by atoms with Crippen LogP contribution in [0.3, 0.4) is 0 Å². The number of aromatic nitrogens is 1. The van der Waals surface area contributed by atoms with Gasteiger partial charge in [-0.3, -0.25) is 0 Å². The molecule has 290 valence electrons. The van der Waals surface area contributed by atoms with Gasteiger partial charge in [0.2, 0.25) is 0 Å². The molecule has 0 fully saturated rings. The van der Waals surface area contributed by atoms with Crippen LogP contribution in [0.5, 0.6) is 0 Å². The second kappa shape index (κ2) is 13.6. The molecule has 13 aromatic rings. The average molecular weight is 793 g/mol. The lowest BCUT2D eigenvalue weighted by atomic mass is 9.93. The third-order valence-electron chi connectivity index (χ3n) is 12.5. The van der Waals surface area contributed by atoms with E-state index < -0.39 is 0 Å². The van der Waals surface area contributed by atoms with Crippen LogP contribution >= 0.6 is 0 Å². The van der Waals surface area contributed by atoms with Gasteiger partial charge in [0.05, 0.1) is 11.0 Å². The highest BCUT2D eigenvalue weighted by Gasteiger charge is 2.24. The van der Waals surface area contributed by atoms with E-state index in [2.05, 4.69) is 210 Å². The Morgan fingerprint density at radius 2 is 0.935 bits per heavy atom. The number of benzene rings is 10. The minimum Gasteiger partial charge on any atom is -0.456 e. The summed E-state index contributed by atoms with van der Waals surface area (Å²) in [5.41, 5.74) is 14.6. The highest BCUT2D eigenvalue weighted by Crippen LogP contribution is 2.47. The fourth-order valence-corrected chi connectivity index (χ4v) is 9.73. The van der Waals surface area contributed by atoms with Crippen molar-refractivity contribution in [1.82, 2.24) is 4.57 Å². The van der Waals surface area contributed by atoms with Crippen LogP contribution in [-0.2, 0) is 0 Å². The van der Waals surface area contributed by atoms with Crippen molar-refractivity contribution in [3.05, 3.63) is 218 Å². The molecule has 62 heavy (non-hydrogen) atoms. The molecule has 10 aromatic carbocycles. The van der Waals surface area contributed by atoms with E-state index in [4.69, 9.17) is 8.83 Å². The molecule has 13 rings (SSSR count). The van der Waals surface area contributed by atoms with E-state index in [1.165, 1.54) is 27.1 Å². The fraction of sp³-hybridized carbons (Fsp3) is 0. The zero-order valence-corrected chi connectivity index (χ0v) is 33.5. The Labute approximate surface area is 356 Å². The number of hydrogen-bond donors (Lipinski definition) is 0. The third-order valence-corrected chi connectivity index (χ3v) is 12.5. The van der Waals surface area contributed by atoms with E-state index in [0.717, 1.165) is 94.4 Å². The van der Waals surface area contributed by atoms with Crippen LogP contribution in [0.1, 0.15) is 0 Å². The topological polar surface area (TPSA) is 34.5 Å². The second-order valence-corrected chi connectivity index (χ2v) is 16.1. The monoisotopic (exact) mass is 792 g/mol. The normalized spacial score (nSPS) is 11.9. The first kappa shape index (κ1) is 34.5. The van der Waals surface area contributed by atoms with Crippen LogP contribution in [0, 0.1) is 0 Å². The van der Waals surface area contributed by atoms with E-state index in [1.807, 2.05) is 18.2 Å². The summed E-state index contributed by atoms with van der Waals surface area (Å²) in [5, 5.41) is 9.26. The zero-order chi connectivity index (χ0) is 40.7. The van der Waals surface area contributed by atoms with E-state index in [1.54, 1.807) is 0 Å². The summed E-state index contributed by atoms with van der Waals surface area (Å²) in [6.07, 6.45) is 0. The Morgan fingerprint density at radius 1 is 0.323 bits per heavy atom. The van der Waals surface area contributed by atoms with Crippen LogP contribution < -0.4 is 4.90 Å². The minimum atomic E-state index is 0.861. The zero-order valence-electron chi connectivity index (χ0n) is 33.5. The number of rotatable bonds is 6. The maximum absolute atomic E-state index is 6.72. The van der Waals surface area contributed by atoms with Gasteiger partial charge < -0.3 is 18.3 Å². The van der Waals surface area contributed by atoms with Gasteiger partial charge in [-0.25, -0.2) is 0 Å². The Hall–Kier alpha value is -8.34. The molecule has 0 spiro atoms. The molecule has 4 nitrogen and oxygen atoms in total. The van der Waals surface area contributed by atoms with Gasteiger partial charge in [0, 0.05) is 66.7 Å². The highest BCUT2D eigenvalue weighted by atomic mass is 16.3. The SMILES string of the molecule is c1ccc(-c2c3c(cc4c2c2cc(-c5ccc6c(c5)oc5ccccc56)ccc2n4-c2ccc(N(c4ccccc4)c4ccc5ccccc5c4)cc2)oc2ccccc23)cc1. The van der Waals surface area contributed by atoms with Crippen molar-refractivity contribution in [3.63, 3.8) is 0 Å². The summed E-state index contributed by atoms with van der Waals surface area (Å²) in [5.74, 6) is 0. The second-order valence-electron chi connectivity index (χ2n) is 16.1. The molecular formula is C58H36N2O2. The largest absolute Gasteiger partial charge is 0.456 e. The third kappa shape index (κ3) is 5.33. The van der Waals surface area contributed by atoms with Crippen molar-refractivity contribution >= 4 is 93.5 Å². The molecule has 0 aliphatic carbocycles. The van der Waals surface area contributed by atoms with Crippen LogP contribution in [-0.4, -0.2) is 4.57 Å². The van der Waals surface area contributed by atoms with Crippen molar-refractivity contribution in [1.29, 1.82) is 0 Å². The van der Waals surface area contributed by atoms with Gasteiger partial charge in [0.1, 0.15) is 22.3 Å². The number of anilines is 3. The number of nitrogens with zero attached hydrogens (tertiary/aromatic N) is 2. The van der Waals surface area contributed by atoms with Gasteiger partial charge >= 0.3 is 0 Å². The first-order valence-electron chi connectivity index (χ1n) is 21.1. The Balaban J connectivity index is 1.06. The molecule has 0 radical (unpaired) electrons. The molecule has 0 atom stereocenters. The summed E-state index contributed by atoms with van der Waals surface area (Å²) >= 11 is 0. The quantitative estimate of drug-likeness (QED) is 0.168. The molecule has 4 heteroatoms. The van der Waals surface area contributed by atoms with Crippen molar-refractivity contribution in [3.8, 4) is 27.9 Å². The first-order valence-corrected chi connectivity index (χ1v) is 21.1. The molecule has 0 saturated heterocycles. The van der Waals surface area contributed by atoms with Crippen molar-refractivity contribution in [2.75, 3.05) is 4.90 Å². The van der Waals surface area contributed by atoms with Crippen LogP contribution in [0.2, 0.25) is 0 Å². The Bertz CT molecular complexity index is 3860. The lowest BCUT2D eigenvalue weighted by Gasteiger charge is -2.26. The fourth-order valence-electron chi connectivity index (χ4n) is 9.73. The first-order chi connectivity index (χ1) is 30.7. The average Bonchev–Trinajstić information content (AvgIpc) is 4.00. The predicted octanol–water partition coefficient (Wildman–Crippen LogP) is 16.5. The van der Waals surface area contributed by atoms with E-state index in [9.17, 15) is 0 Å². The maximum Gasteiger partial charge on any atom is 0.138 e. The molecule has 0 N–H and O–H groups in total. The van der Waals surface area contributed by atoms with Crippen LogP contribution in [0.15, 0.2) is 227 Å². The summed E-state index contributed by atoms with van der Waals surface area (Å²) in [6.45, 7) is 0. The van der Waals surface area contributed by atoms with Gasteiger partial charge in [-0.05, 0) is 112 Å². The van der Waals surface area contributed by atoms with E-state index in [0.29, 0.717) is 0 Å². The molecule has 0 aliphatic rings. The minimum absolute atomic E-state index is 0.861. The van der Waals surface area contributed by atoms with Crippen LogP contribution in [0.25, 0.3) is 104 Å². The summed E-state index contributed by atoms with van der Waals surface area (Å²) in [4.78, 5) is 2.33. The van der Waals surface area contributed by atoms with Crippen molar-refractivity contribution in [2.45, 2.75) is 0 Å².